The highest BCUT2D eigenvalue weighted by atomic mass is 127. The molecule has 0 aromatic carbocycles. The van der Waals surface area contributed by atoms with Gasteiger partial charge in [-0.1, -0.05) is 57.2 Å². The van der Waals surface area contributed by atoms with E-state index in [4.69, 9.17) is 5.73 Å². The fourth-order valence-electron chi connectivity index (χ4n) is 3.03. The largest absolute Gasteiger partial charge is 0.325 e. The summed E-state index contributed by atoms with van der Waals surface area (Å²) in [7, 11) is 0. The first-order valence-corrected chi connectivity index (χ1v) is 8.02. The van der Waals surface area contributed by atoms with E-state index in [1.807, 2.05) is 0 Å². The normalized spacial score (nSPS) is 48.0. The van der Waals surface area contributed by atoms with E-state index in [0.717, 1.165) is 12.8 Å². The van der Waals surface area contributed by atoms with Crippen LogP contribution in [0.1, 0.15) is 67.2 Å². The summed E-state index contributed by atoms with van der Waals surface area (Å²) in [6, 6.07) is 0. The monoisotopic (exact) mass is 351 g/mol. The highest BCUT2D eigenvalue weighted by molar-refractivity contribution is 14.1. The molecule has 0 aliphatic heterocycles. The van der Waals surface area contributed by atoms with Crippen molar-refractivity contribution in [2.45, 2.75) is 76.2 Å². The number of hydrogen-bond donors (Lipinski definition) is 1. The van der Waals surface area contributed by atoms with E-state index in [0.29, 0.717) is 20.7 Å². The minimum atomic E-state index is -0.00707. The molecule has 1 nitrogen and oxygen atoms in total. The maximum absolute atomic E-state index is 6.54. The van der Waals surface area contributed by atoms with Gasteiger partial charge in [-0.2, -0.15) is 0 Å². The molecule has 1 rings (SSSR count). The number of hydrogen-bond acceptors (Lipinski definition) is 1. The van der Waals surface area contributed by atoms with Gasteiger partial charge in [0.25, 0.3) is 0 Å². The van der Waals surface area contributed by atoms with Crippen LogP contribution in [-0.4, -0.2) is 8.96 Å². The molecule has 0 amide bonds. The molecule has 1 saturated carbocycles. The smallest absolute Gasteiger partial charge is 0.0220 e. The summed E-state index contributed by atoms with van der Waals surface area (Å²) >= 11 is 2.66. The standard InChI is InChI=1S/C15H30IN/c1-11-9-14(5,17)10-12(2)15(6,16)8-7-13(11,3)4/h11-12H,7-10,17H2,1-6H3. The van der Waals surface area contributed by atoms with Crippen LogP contribution in [0.25, 0.3) is 0 Å². The van der Waals surface area contributed by atoms with E-state index in [-0.39, 0.29) is 5.54 Å². The maximum atomic E-state index is 6.54. The van der Waals surface area contributed by atoms with E-state index in [9.17, 15) is 0 Å². The number of nitrogens with two attached hydrogens (primary N) is 1. The number of alkyl halides is 1. The van der Waals surface area contributed by atoms with Gasteiger partial charge in [-0.25, -0.2) is 0 Å². The van der Waals surface area contributed by atoms with Crippen molar-refractivity contribution in [1.29, 1.82) is 0 Å². The van der Waals surface area contributed by atoms with Gasteiger partial charge in [0.1, 0.15) is 0 Å². The summed E-state index contributed by atoms with van der Waals surface area (Å²) in [6.07, 6.45) is 4.92. The SMILES string of the molecule is CC1CC(C)(N)CC(C)C(C)(I)CCC1(C)C. The molecule has 0 saturated heterocycles. The van der Waals surface area contributed by atoms with Crippen LogP contribution in [0.4, 0.5) is 0 Å². The zero-order valence-corrected chi connectivity index (χ0v) is 14.6. The lowest BCUT2D eigenvalue weighted by Crippen LogP contribution is -2.43. The molecule has 4 atom stereocenters. The van der Waals surface area contributed by atoms with Gasteiger partial charge in [-0.3, -0.25) is 0 Å². The van der Waals surface area contributed by atoms with Crippen molar-refractivity contribution in [2.75, 3.05) is 0 Å². The van der Waals surface area contributed by atoms with Crippen molar-refractivity contribution in [1.82, 2.24) is 0 Å². The van der Waals surface area contributed by atoms with Gasteiger partial charge in [0.05, 0.1) is 0 Å². The first kappa shape index (κ1) is 15.7. The Kier molecular flexibility index (Phi) is 4.62. The molecule has 0 aromatic heterocycles. The molecule has 0 bridgehead atoms. The molecule has 2 heteroatoms. The van der Waals surface area contributed by atoms with Gasteiger partial charge < -0.3 is 5.73 Å². The predicted octanol–water partition coefficient (Wildman–Crippen LogP) is 4.77. The molecule has 0 spiro atoms. The van der Waals surface area contributed by atoms with Crippen molar-refractivity contribution in [3.05, 3.63) is 0 Å². The third-order valence-electron chi connectivity index (χ3n) is 5.16. The van der Waals surface area contributed by atoms with Crippen molar-refractivity contribution in [3.8, 4) is 0 Å². The highest BCUT2D eigenvalue weighted by Gasteiger charge is 2.40. The van der Waals surface area contributed by atoms with Crippen LogP contribution in [0.15, 0.2) is 0 Å². The third kappa shape index (κ3) is 4.09. The summed E-state index contributed by atoms with van der Waals surface area (Å²) in [5.41, 5.74) is 6.94. The second kappa shape index (κ2) is 4.99. The second-order valence-corrected chi connectivity index (χ2v) is 10.1. The Labute approximate surface area is 121 Å². The van der Waals surface area contributed by atoms with Crippen molar-refractivity contribution in [2.24, 2.45) is 23.0 Å². The first-order valence-electron chi connectivity index (χ1n) is 6.94. The van der Waals surface area contributed by atoms with Crippen molar-refractivity contribution < 1.29 is 0 Å². The Bertz CT molecular complexity index is 242. The van der Waals surface area contributed by atoms with Gasteiger partial charge in [-0.05, 0) is 49.9 Å². The average Bonchev–Trinajstić information content (AvgIpc) is 2.13. The number of halogens is 1. The van der Waals surface area contributed by atoms with Crippen LogP contribution >= 0.6 is 22.6 Å². The van der Waals surface area contributed by atoms with Crippen LogP contribution in [-0.2, 0) is 0 Å². The lowest BCUT2D eigenvalue weighted by atomic mass is 9.71. The number of rotatable bonds is 0. The Morgan fingerprint density at radius 1 is 0.941 bits per heavy atom. The summed E-state index contributed by atoms with van der Waals surface area (Å²) < 4.78 is 0.389. The lowest BCUT2D eigenvalue weighted by molar-refractivity contribution is 0.169. The molecule has 0 heterocycles. The van der Waals surface area contributed by atoms with Gasteiger partial charge in [-0.15, -0.1) is 0 Å². The molecule has 4 unspecified atom stereocenters. The third-order valence-corrected chi connectivity index (χ3v) is 6.77. The Morgan fingerprint density at radius 2 is 1.41 bits per heavy atom. The average molecular weight is 351 g/mol. The summed E-state index contributed by atoms with van der Waals surface area (Å²) in [5, 5.41) is 0. The zero-order chi connectivity index (χ0) is 13.5. The molecular formula is C15H30IN. The first-order chi connectivity index (χ1) is 7.46. The molecule has 17 heavy (non-hydrogen) atoms. The van der Waals surface area contributed by atoms with Gasteiger partial charge in [0, 0.05) is 8.96 Å². The second-order valence-electron chi connectivity index (χ2n) is 7.63. The fourth-order valence-corrected chi connectivity index (χ4v) is 3.52. The summed E-state index contributed by atoms with van der Waals surface area (Å²) in [4.78, 5) is 0. The molecule has 0 aromatic rings. The predicted molar refractivity (Wildman–Crippen MR) is 85.6 cm³/mol. The Balaban J connectivity index is 2.98. The Hall–Kier alpha value is 0.690. The molecule has 0 radical (unpaired) electrons. The van der Waals surface area contributed by atoms with Gasteiger partial charge >= 0.3 is 0 Å². The van der Waals surface area contributed by atoms with Crippen molar-refractivity contribution in [3.63, 3.8) is 0 Å². The van der Waals surface area contributed by atoms with E-state index in [1.165, 1.54) is 12.8 Å². The molecule has 1 aliphatic rings. The Morgan fingerprint density at radius 3 is 1.94 bits per heavy atom. The minimum Gasteiger partial charge on any atom is -0.325 e. The topological polar surface area (TPSA) is 26.0 Å². The lowest BCUT2D eigenvalue weighted by Gasteiger charge is -2.36. The van der Waals surface area contributed by atoms with E-state index < -0.39 is 0 Å². The quantitative estimate of drug-likeness (QED) is 0.494. The highest BCUT2D eigenvalue weighted by Crippen LogP contribution is 2.46. The summed E-state index contributed by atoms with van der Waals surface area (Å²) in [6.45, 7) is 14.2. The van der Waals surface area contributed by atoms with E-state index in [2.05, 4.69) is 64.1 Å². The van der Waals surface area contributed by atoms with E-state index >= 15 is 0 Å². The minimum absolute atomic E-state index is 0.00707. The van der Waals surface area contributed by atoms with E-state index in [1.54, 1.807) is 0 Å². The molecule has 102 valence electrons. The van der Waals surface area contributed by atoms with Crippen molar-refractivity contribution >= 4 is 22.6 Å². The zero-order valence-electron chi connectivity index (χ0n) is 12.4. The van der Waals surface area contributed by atoms with Crippen LogP contribution in [0.5, 0.6) is 0 Å². The molecule has 2 N–H and O–H groups in total. The summed E-state index contributed by atoms with van der Waals surface area (Å²) in [5.74, 6) is 1.40. The van der Waals surface area contributed by atoms with Crippen LogP contribution in [0.2, 0.25) is 0 Å². The molecule has 1 aliphatic carbocycles. The van der Waals surface area contributed by atoms with Crippen LogP contribution in [0.3, 0.4) is 0 Å². The van der Waals surface area contributed by atoms with Crippen LogP contribution in [0, 0.1) is 17.3 Å². The van der Waals surface area contributed by atoms with Crippen LogP contribution < -0.4 is 5.73 Å². The van der Waals surface area contributed by atoms with Gasteiger partial charge in [0.2, 0.25) is 0 Å². The maximum Gasteiger partial charge on any atom is 0.0220 e. The fraction of sp³-hybridized carbons (Fsp3) is 1.00. The van der Waals surface area contributed by atoms with Gasteiger partial charge in [0.15, 0.2) is 0 Å². The molecule has 1 fully saturated rings. The molecular weight excluding hydrogens is 321 g/mol.